The van der Waals surface area contributed by atoms with Crippen molar-refractivity contribution < 1.29 is 4.79 Å². The average molecular weight is 271 g/mol. The van der Waals surface area contributed by atoms with Crippen molar-refractivity contribution in [2.24, 2.45) is 0 Å². The molecule has 0 saturated carbocycles. The van der Waals surface area contributed by atoms with Crippen LogP contribution in [-0.4, -0.2) is 29.9 Å². The van der Waals surface area contributed by atoms with Crippen LogP contribution in [0.15, 0.2) is 24.3 Å². The summed E-state index contributed by atoms with van der Waals surface area (Å²) in [6, 6.07) is 9.57. The summed E-state index contributed by atoms with van der Waals surface area (Å²) >= 11 is 0. The van der Waals surface area contributed by atoms with Crippen LogP contribution in [0.3, 0.4) is 0 Å². The van der Waals surface area contributed by atoms with Gasteiger partial charge in [0.05, 0.1) is 18.2 Å². The third kappa shape index (κ3) is 3.82. The van der Waals surface area contributed by atoms with Gasteiger partial charge in [-0.2, -0.15) is 5.26 Å². The molecule has 4 nitrogen and oxygen atoms in total. The molecule has 0 radical (unpaired) electrons. The van der Waals surface area contributed by atoms with E-state index in [9.17, 15) is 4.79 Å². The Hall–Kier alpha value is -1.86. The molecule has 0 bridgehead atoms. The van der Waals surface area contributed by atoms with Crippen molar-refractivity contribution in [2.75, 3.05) is 18.4 Å². The number of carbonyl (C=O) groups is 1. The molecule has 0 spiro atoms. The number of amides is 1. The van der Waals surface area contributed by atoms with Gasteiger partial charge in [-0.1, -0.05) is 13.3 Å². The summed E-state index contributed by atoms with van der Waals surface area (Å²) in [4.78, 5) is 14.4. The standard InChI is InChI=1S/C16H21N3O/c1-2-15-5-3-4-10-19(15)12-16(20)18-14-8-6-13(11-17)7-9-14/h6-9,15H,2-5,10,12H2,1H3,(H,18,20)/t15-/m0/s1. The predicted molar refractivity (Wildman–Crippen MR) is 79.3 cm³/mol. The Bertz CT molecular complexity index is 489. The lowest BCUT2D eigenvalue weighted by Gasteiger charge is -2.34. The zero-order chi connectivity index (χ0) is 14.4. The van der Waals surface area contributed by atoms with Crippen molar-refractivity contribution in [3.63, 3.8) is 0 Å². The van der Waals surface area contributed by atoms with Gasteiger partial charge < -0.3 is 5.32 Å². The molecule has 1 aliphatic rings. The Balaban J connectivity index is 1.89. The van der Waals surface area contributed by atoms with Gasteiger partial charge in [0.1, 0.15) is 0 Å². The second-order valence-electron chi connectivity index (χ2n) is 5.27. The SMILES string of the molecule is CC[C@H]1CCCCN1CC(=O)Nc1ccc(C#N)cc1. The molecule has 4 heteroatoms. The molecule has 1 atom stereocenters. The molecule has 1 heterocycles. The number of nitriles is 1. The van der Waals surface area contributed by atoms with Gasteiger partial charge >= 0.3 is 0 Å². The Labute approximate surface area is 120 Å². The fourth-order valence-corrected chi connectivity index (χ4v) is 2.74. The van der Waals surface area contributed by atoms with E-state index in [1.54, 1.807) is 24.3 Å². The third-order valence-corrected chi connectivity index (χ3v) is 3.86. The van der Waals surface area contributed by atoms with Gasteiger partial charge in [0.15, 0.2) is 0 Å². The molecule has 0 aromatic heterocycles. The number of nitrogens with zero attached hydrogens (tertiary/aromatic N) is 2. The monoisotopic (exact) mass is 271 g/mol. The molecule has 1 saturated heterocycles. The lowest BCUT2D eigenvalue weighted by atomic mass is 10.00. The summed E-state index contributed by atoms with van der Waals surface area (Å²) in [6.07, 6.45) is 4.75. The van der Waals surface area contributed by atoms with E-state index in [1.165, 1.54) is 19.3 Å². The highest BCUT2D eigenvalue weighted by atomic mass is 16.2. The number of piperidine rings is 1. The van der Waals surface area contributed by atoms with Crippen LogP contribution in [0.2, 0.25) is 0 Å². The molecule has 1 fully saturated rings. The summed E-state index contributed by atoms with van der Waals surface area (Å²) in [5, 5.41) is 11.6. The van der Waals surface area contributed by atoms with Gasteiger partial charge in [0.25, 0.3) is 0 Å². The maximum atomic E-state index is 12.1. The maximum absolute atomic E-state index is 12.1. The number of benzene rings is 1. The van der Waals surface area contributed by atoms with E-state index >= 15 is 0 Å². The van der Waals surface area contributed by atoms with Crippen LogP contribution < -0.4 is 5.32 Å². The van der Waals surface area contributed by atoms with Crippen LogP contribution in [0.1, 0.15) is 38.2 Å². The van der Waals surface area contributed by atoms with E-state index in [1.807, 2.05) is 0 Å². The third-order valence-electron chi connectivity index (χ3n) is 3.86. The lowest BCUT2D eigenvalue weighted by Crippen LogP contribution is -2.43. The minimum atomic E-state index is 0.0232. The average Bonchev–Trinajstić information content (AvgIpc) is 2.48. The molecule has 2 rings (SSSR count). The minimum absolute atomic E-state index is 0.0232. The summed E-state index contributed by atoms with van der Waals surface area (Å²) in [5.74, 6) is 0.0232. The van der Waals surface area contributed by atoms with Crippen molar-refractivity contribution in [3.8, 4) is 6.07 Å². The van der Waals surface area contributed by atoms with E-state index in [-0.39, 0.29) is 5.91 Å². The van der Waals surface area contributed by atoms with E-state index in [0.717, 1.165) is 18.7 Å². The molecule has 1 aliphatic heterocycles. The smallest absolute Gasteiger partial charge is 0.238 e. The molecule has 0 unspecified atom stereocenters. The van der Waals surface area contributed by atoms with Crippen LogP contribution in [0, 0.1) is 11.3 Å². The first-order chi connectivity index (χ1) is 9.72. The highest BCUT2D eigenvalue weighted by Crippen LogP contribution is 2.19. The number of anilines is 1. The molecule has 1 N–H and O–H groups in total. The largest absolute Gasteiger partial charge is 0.325 e. The number of likely N-dealkylation sites (tertiary alicyclic amines) is 1. The van der Waals surface area contributed by atoms with Crippen LogP contribution >= 0.6 is 0 Å². The Morgan fingerprint density at radius 3 is 2.80 bits per heavy atom. The fourth-order valence-electron chi connectivity index (χ4n) is 2.74. The van der Waals surface area contributed by atoms with Crippen molar-refractivity contribution in [1.29, 1.82) is 5.26 Å². The quantitative estimate of drug-likeness (QED) is 0.916. The molecule has 106 valence electrons. The second-order valence-corrected chi connectivity index (χ2v) is 5.27. The summed E-state index contributed by atoms with van der Waals surface area (Å²) in [6.45, 7) is 3.65. The highest BCUT2D eigenvalue weighted by Gasteiger charge is 2.22. The Morgan fingerprint density at radius 1 is 1.40 bits per heavy atom. The Kier molecular flexibility index (Phi) is 5.14. The molecule has 0 aliphatic carbocycles. The molecular formula is C16H21N3O. The van der Waals surface area contributed by atoms with Crippen LogP contribution in [0.5, 0.6) is 0 Å². The normalized spacial score (nSPS) is 19.3. The zero-order valence-electron chi connectivity index (χ0n) is 11.9. The number of nitrogens with one attached hydrogen (secondary N) is 1. The summed E-state index contributed by atoms with van der Waals surface area (Å²) < 4.78 is 0. The van der Waals surface area contributed by atoms with Gasteiger partial charge in [0.2, 0.25) is 5.91 Å². The predicted octanol–water partition coefficient (Wildman–Crippen LogP) is 2.76. The van der Waals surface area contributed by atoms with Crippen molar-refractivity contribution in [2.45, 2.75) is 38.6 Å². The van der Waals surface area contributed by atoms with E-state index in [0.29, 0.717) is 18.2 Å². The zero-order valence-corrected chi connectivity index (χ0v) is 11.9. The fraction of sp³-hybridized carbons (Fsp3) is 0.500. The molecule has 1 aromatic rings. The first-order valence-corrected chi connectivity index (χ1v) is 7.27. The number of hydrogen-bond acceptors (Lipinski definition) is 3. The van der Waals surface area contributed by atoms with Crippen molar-refractivity contribution in [3.05, 3.63) is 29.8 Å². The molecule has 20 heavy (non-hydrogen) atoms. The van der Waals surface area contributed by atoms with Gasteiger partial charge in [-0.25, -0.2) is 0 Å². The van der Waals surface area contributed by atoms with Gasteiger partial charge in [-0.15, -0.1) is 0 Å². The van der Waals surface area contributed by atoms with E-state index < -0.39 is 0 Å². The highest BCUT2D eigenvalue weighted by molar-refractivity contribution is 5.92. The van der Waals surface area contributed by atoms with Crippen molar-refractivity contribution >= 4 is 11.6 Å². The van der Waals surface area contributed by atoms with Gasteiger partial charge in [-0.05, 0) is 50.1 Å². The van der Waals surface area contributed by atoms with Crippen LogP contribution in [0.4, 0.5) is 5.69 Å². The summed E-state index contributed by atoms with van der Waals surface area (Å²) in [7, 11) is 0. The van der Waals surface area contributed by atoms with E-state index in [2.05, 4.69) is 23.2 Å². The number of hydrogen-bond donors (Lipinski definition) is 1. The van der Waals surface area contributed by atoms with Gasteiger partial charge in [-0.3, -0.25) is 9.69 Å². The summed E-state index contributed by atoms with van der Waals surface area (Å²) in [5.41, 5.74) is 1.35. The molecule has 1 amide bonds. The van der Waals surface area contributed by atoms with Crippen LogP contribution in [0.25, 0.3) is 0 Å². The van der Waals surface area contributed by atoms with Gasteiger partial charge in [0, 0.05) is 11.7 Å². The van der Waals surface area contributed by atoms with Crippen molar-refractivity contribution in [1.82, 2.24) is 4.90 Å². The van der Waals surface area contributed by atoms with Crippen LogP contribution in [-0.2, 0) is 4.79 Å². The Morgan fingerprint density at radius 2 is 2.15 bits per heavy atom. The first kappa shape index (κ1) is 14.5. The lowest BCUT2D eigenvalue weighted by molar-refractivity contribution is -0.118. The second kappa shape index (κ2) is 7.06. The number of carbonyl (C=O) groups excluding carboxylic acids is 1. The maximum Gasteiger partial charge on any atom is 0.238 e. The van der Waals surface area contributed by atoms with E-state index in [4.69, 9.17) is 5.26 Å². The topological polar surface area (TPSA) is 56.1 Å². The molecular weight excluding hydrogens is 250 g/mol. The molecule has 1 aromatic carbocycles. The first-order valence-electron chi connectivity index (χ1n) is 7.27. The minimum Gasteiger partial charge on any atom is -0.325 e. The number of rotatable bonds is 4.